The van der Waals surface area contributed by atoms with E-state index in [0.29, 0.717) is 16.7 Å². The van der Waals surface area contributed by atoms with Gasteiger partial charge in [-0.1, -0.05) is 46.0 Å². The highest BCUT2D eigenvalue weighted by molar-refractivity contribution is 7.80. The van der Waals surface area contributed by atoms with E-state index in [2.05, 4.69) is 38.0 Å². The molecule has 0 aliphatic heterocycles. The second-order valence-corrected chi connectivity index (χ2v) is 6.23. The molecule has 1 saturated carbocycles. The number of anilines is 1. The van der Waals surface area contributed by atoms with E-state index in [9.17, 15) is 0 Å². The molecule has 1 aliphatic rings. The molecule has 0 radical (unpaired) electrons. The number of nitrogens with two attached hydrogens (primary N) is 1. The van der Waals surface area contributed by atoms with Crippen LogP contribution in [0.1, 0.15) is 33.4 Å². The van der Waals surface area contributed by atoms with Gasteiger partial charge < -0.3 is 11.1 Å². The van der Waals surface area contributed by atoms with Crippen LogP contribution in [-0.4, -0.2) is 16.0 Å². The molecule has 0 spiro atoms. The number of nitrogens with one attached hydrogen (secondary N) is 1. The van der Waals surface area contributed by atoms with Crippen LogP contribution >= 0.6 is 12.2 Å². The maximum Gasteiger partial charge on any atom is 0.126 e. The Morgan fingerprint density at radius 2 is 1.88 bits per heavy atom. The quantitative estimate of drug-likeness (QED) is 0.808. The van der Waals surface area contributed by atoms with Crippen LogP contribution in [0.4, 0.5) is 5.82 Å². The fourth-order valence-electron chi connectivity index (χ4n) is 2.36. The number of aromatic nitrogens is 1. The number of hydrogen-bond acceptors (Lipinski definition) is 3. The molecule has 2 rings (SSSR count). The smallest absolute Gasteiger partial charge is 0.126 e. The standard InChI is InChI=1S/C13H19N3S/c1-12(2)11(13(12,3)4)16-9-7-5-6-8(15-9)10(14)17/h5-7,11H,1-4H3,(H2,14,17)(H,15,16). The molecule has 0 saturated heterocycles. The Morgan fingerprint density at radius 1 is 1.29 bits per heavy atom. The van der Waals surface area contributed by atoms with Crippen molar-refractivity contribution in [1.29, 1.82) is 0 Å². The minimum atomic E-state index is 0.286. The lowest BCUT2D eigenvalue weighted by atomic mass is 10.0. The number of rotatable bonds is 3. The first-order chi connectivity index (χ1) is 7.76. The van der Waals surface area contributed by atoms with Crippen LogP contribution in [0.5, 0.6) is 0 Å². The average molecular weight is 249 g/mol. The van der Waals surface area contributed by atoms with Crippen LogP contribution in [0.3, 0.4) is 0 Å². The van der Waals surface area contributed by atoms with Crippen LogP contribution in [0.15, 0.2) is 18.2 Å². The van der Waals surface area contributed by atoms with E-state index in [0.717, 1.165) is 5.82 Å². The molecule has 0 unspecified atom stereocenters. The first-order valence-corrected chi connectivity index (χ1v) is 6.21. The minimum absolute atomic E-state index is 0.286. The van der Waals surface area contributed by atoms with Crippen molar-refractivity contribution in [1.82, 2.24) is 4.98 Å². The first kappa shape index (κ1) is 12.3. The Labute approximate surface area is 108 Å². The maximum atomic E-state index is 5.58. The molecule has 3 N–H and O–H groups in total. The number of hydrogen-bond donors (Lipinski definition) is 2. The molecule has 0 amide bonds. The molecule has 4 heteroatoms. The summed E-state index contributed by atoms with van der Waals surface area (Å²) in [6, 6.07) is 6.14. The van der Waals surface area contributed by atoms with Crippen molar-refractivity contribution in [2.75, 3.05) is 5.32 Å². The summed E-state index contributed by atoms with van der Waals surface area (Å²) >= 11 is 4.93. The summed E-state index contributed by atoms with van der Waals surface area (Å²) in [6.45, 7) is 9.06. The third-order valence-electron chi connectivity index (χ3n) is 4.31. The predicted octanol–water partition coefficient (Wildman–Crippen LogP) is 2.56. The molecule has 1 aliphatic carbocycles. The molecule has 0 bridgehead atoms. The molecule has 1 aromatic heterocycles. The van der Waals surface area contributed by atoms with Crippen molar-refractivity contribution in [3.8, 4) is 0 Å². The van der Waals surface area contributed by atoms with E-state index in [1.54, 1.807) is 0 Å². The summed E-state index contributed by atoms with van der Waals surface area (Å²) in [4.78, 5) is 4.74. The molecule has 0 atom stereocenters. The van der Waals surface area contributed by atoms with E-state index in [1.165, 1.54) is 0 Å². The minimum Gasteiger partial charge on any atom is -0.388 e. The van der Waals surface area contributed by atoms with E-state index in [-0.39, 0.29) is 10.8 Å². The van der Waals surface area contributed by atoms with Gasteiger partial charge in [-0.3, -0.25) is 0 Å². The van der Waals surface area contributed by atoms with Crippen LogP contribution in [-0.2, 0) is 0 Å². The fraction of sp³-hybridized carbons (Fsp3) is 0.538. The SMILES string of the molecule is CC1(C)C(Nc2cccc(C(N)=S)n2)C1(C)C. The van der Waals surface area contributed by atoms with Gasteiger partial charge in [0.25, 0.3) is 0 Å². The van der Waals surface area contributed by atoms with Crippen LogP contribution in [0, 0.1) is 10.8 Å². The summed E-state index contributed by atoms with van der Waals surface area (Å²) in [5.74, 6) is 0.846. The highest BCUT2D eigenvalue weighted by atomic mass is 32.1. The second kappa shape index (κ2) is 3.67. The third kappa shape index (κ3) is 1.90. The van der Waals surface area contributed by atoms with Crippen LogP contribution in [0.2, 0.25) is 0 Å². The predicted molar refractivity (Wildman–Crippen MR) is 75.1 cm³/mol. The van der Waals surface area contributed by atoms with E-state index < -0.39 is 0 Å². The van der Waals surface area contributed by atoms with Gasteiger partial charge in [-0.15, -0.1) is 0 Å². The van der Waals surface area contributed by atoms with Crippen molar-refractivity contribution in [2.24, 2.45) is 16.6 Å². The van der Waals surface area contributed by atoms with Crippen molar-refractivity contribution < 1.29 is 0 Å². The Bertz CT molecular complexity index is 451. The molecule has 1 heterocycles. The lowest BCUT2D eigenvalue weighted by molar-refractivity contribution is 0.457. The highest BCUT2D eigenvalue weighted by Crippen LogP contribution is 2.63. The zero-order valence-electron chi connectivity index (χ0n) is 10.7. The van der Waals surface area contributed by atoms with Gasteiger partial charge in [-0.05, 0) is 23.0 Å². The van der Waals surface area contributed by atoms with Gasteiger partial charge in [-0.2, -0.15) is 0 Å². The zero-order valence-corrected chi connectivity index (χ0v) is 11.6. The molecule has 3 nitrogen and oxygen atoms in total. The summed E-state index contributed by atoms with van der Waals surface area (Å²) in [5.41, 5.74) is 6.82. The lowest BCUT2D eigenvalue weighted by Gasteiger charge is -2.08. The Hall–Kier alpha value is -1.16. The van der Waals surface area contributed by atoms with Gasteiger partial charge >= 0.3 is 0 Å². The van der Waals surface area contributed by atoms with Crippen molar-refractivity contribution >= 4 is 23.0 Å². The molecular formula is C13H19N3S. The normalized spacial score (nSPS) is 20.9. The highest BCUT2D eigenvalue weighted by Gasteiger charge is 2.65. The van der Waals surface area contributed by atoms with Gasteiger partial charge in [0.15, 0.2) is 0 Å². The lowest BCUT2D eigenvalue weighted by Crippen LogP contribution is -2.15. The second-order valence-electron chi connectivity index (χ2n) is 5.79. The van der Waals surface area contributed by atoms with Gasteiger partial charge in [-0.25, -0.2) is 4.98 Å². The molecular weight excluding hydrogens is 230 g/mol. The van der Waals surface area contributed by atoms with Crippen molar-refractivity contribution in [2.45, 2.75) is 33.7 Å². The molecule has 1 aromatic rings. The maximum absolute atomic E-state index is 5.58. The van der Waals surface area contributed by atoms with E-state index in [1.807, 2.05) is 18.2 Å². The first-order valence-electron chi connectivity index (χ1n) is 5.80. The monoisotopic (exact) mass is 249 g/mol. The molecule has 0 aromatic carbocycles. The third-order valence-corrected chi connectivity index (χ3v) is 4.52. The van der Waals surface area contributed by atoms with Crippen LogP contribution < -0.4 is 11.1 Å². The van der Waals surface area contributed by atoms with E-state index in [4.69, 9.17) is 18.0 Å². The van der Waals surface area contributed by atoms with Gasteiger partial charge in [0.2, 0.25) is 0 Å². The van der Waals surface area contributed by atoms with E-state index >= 15 is 0 Å². The Morgan fingerprint density at radius 3 is 2.35 bits per heavy atom. The molecule has 1 fully saturated rings. The van der Waals surface area contributed by atoms with Crippen LogP contribution in [0.25, 0.3) is 0 Å². The summed E-state index contributed by atoms with van der Waals surface area (Å²) in [6.07, 6.45) is 0. The number of thiocarbonyl (C=S) groups is 1. The average Bonchev–Trinajstić information content (AvgIpc) is 2.61. The van der Waals surface area contributed by atoms with Crippen molar-refractivity contribution in [3.05, 3.63) is 23.9 Å². The topological polar surface area (TPSA) is 50.9 Å². The summed E-state index contributed by atoms with van der Waals surface area (Å²) < 4.78 is 0. The van der Waals surface area contributed by atoms with Gasteiger partial charge in [0.1, 0.15) is 10.8 Å². The number of nitrogens with zero attached hydrogens (tertiary/aromatic N) is 1. The summed E-state index contributed by atoms with van der Waals surface area (Å²) in [7, 11) is 0. The largest absolute Gasteiger partial charge is 0.388 e. The Kier molecular flexibility index (Phi) is 2.65. The summed E-state index contributed by atoms with van der Waals surface area (Å²) in [5, 5.41) is 3.47. The molecule has 92 valence electrons. The number of pyridine rings is 1. The fourth-order valence-corrected chi connectivity index (χ4v) is 2.47. The van der Waals surface area contributed by atoms with Crippen molar-refractivity contribution in [3.63, 3.8) is 0 Å². The Balaban J connectivity index is 2.16. The van der Waals surface area contributed by atoms with Gasteiger partial charge in [0.05, 0.1) is 5.69 Å². The molecule has 17 heavy (non-hydrogen) atoms. The van der Waals surface area contributed by atoms with Gasteiger partial charge in [0, 0.05) is 6.04 Å². The zero-order chi connectivity index (χ0) is 12.8.